The summed E-state index contributed by atoms with van der Waals surface area (Å²) in [6.45, 7) is 0. The van der Waals surface area contributed by atoms with Crippen LogP contribution in [0.3, 0.4) is 0 Å². The lowest BCUT2D eigenvalue weighted by molar-refractivity contribution is 0.0686. The van der Waals surface area contributed by atoms with E-state index in [1.807, 2.05) is 48.5 Å². The van der Waals surface area contributed by atoms with E-state index < -0.39 is 23.9 Å². The maximum atomic E-state index is 11.8. The molecule has 0 aliphatic heterocycles. The normalized spacial score (nSPS) is 10.9. The Bertz CT molecular complexity index is 2610. The number of benzene rings is 7. The van der Waals surface area contributed by atoms with Crippen molar-refractivity contribution in [2.24, 2.45) is 0 Å². The van der Waals surface area contributed by atoms with Gasteiger partial charge in [-0.2, -0.15) is 0 Å². The number of rotatable bonds is 10. The van der Waals surface area contributed by atoms with Crippen molar-refractivity contribution in [3.05, 3.63) is 177 Å². The first-order chi connectivity index (χ1) is 26.9. The molecule has 0 amide bonds. The fraction of sp³-hybridized carbons (Fsp3) is 0. The van der Waals surface area contributed by atoms with Gasteiger partial charge in [0.15, 0.2) is 0 Å². The third-order valence-electron chi connectivity index (χ3n) is 9.44. The minimum absolute atomic E-state index is 0.138. The highest BCUT2D eigenvalue weighted by Gasteiger charge is 2.21. The van der Waals surface area contributed by atoms with Crippen LogP contribution in [0.2, 0.25) is 0 Å². The zero-order valence-electron chi connectivity index (χ0n) is 29.0. The van der Waals surface area contributed by atoms with Gasteiger partial charge in [0.2, 0.25) is 0 Å². The molecule has 0 aliphatic carbocycles. The molecule has 4 N–H and O–H groups in total. The summed E-state index contributed by atoms with van der Waals surface area (Å²) in [4.78, 5) is 46.5. The molecule has 0 heterocycles. The van der Waals surface area contributed by atoms with Crippen LogP contribution in [0.25, 0.3) is 66.8 Å². The fourth-order valence-corrected chi connectivity index (χ4v) is 7.72. The standard InChI is InChI=1S/C46H28Br2O8/c47-41-39(37-22-35(26-6-14-30(15-7-26)44(51)52)21-36(23-37)27-8-16-31(17-9-27)45(53)54)24-38(28-10-18-32(19-11-28)46(55)56)40(42(41)48)34-3-1-2-33(20-34)25-4-12-29(13-5-25)43(49)50/h1-24H,(H,49,50)(H,51,52)(H,53,54)(H,55,56). The topological polar surface area (TPSA) is 149 Å². The molecule has 0 radical (unpaired) electrons. The molecule has 8 nitrogen and oxygen atoms in total. The summed E-state index contributed by atoms with van der Waals surface area (Å²) in [5.41, 5.74) is 10.2. The Morgan fingerprint density at radius 3 is 1.07 bits per heavy atom. The van der Waals surface area contributed by atoms with Crippen molar-refractivity contribution in [1.82, 2.24) is 0 Å². The van der Waals surface area contributed by atoms with E-state index in [2.05, 4.69) is 31.9 Å². The van der Waals surface area contributed by atoms with E-state index in [4.69, 9.17) is 0 Å². The van der Waals surface area contributed by atoms with Gasteiger partial charge in [-0.15, -0.1) is 0 Å². The zero-order chi connectivity index (χ0) is 39.7. The van der Waals surface area contributed by atoms with Gasteiger partial charge in [0.05, 0.1) is 22.3 Å². The van der Waals surface area contributed by atoms with Crippen LogP contribution in [0.1, 0.15) is 41.4 Å². The number of carboxylic acid groups (broad SMARTS) is 4. The summed E-state index contributed by atoms with van der Waals surface area (Å²) in [6.07, 6.45) is 0. The summed E-state index contributed by atoms with van der Waals surface area (Å²) in [7, 11) is 0. The molecule has 0 unspecified atom stereocenters. The third-order valence-corrected chi connectivity index (χ3v) is 11.6. The lowest BCUT2D eigenvalue weighted by atomic mass is 9.88. The molecule has 0 aliphatic rings. The Hall–Kier alpha value is -6.62. The molecule has 0 aromatic heterocycles. The SMILES string of the molecule is O=C(O)c1ccc(-c2cc(-c3ccc(C(=O)O)cc3)cc(-c3cc(-c4ccc(C(=O)O)cc4)c(-c4cccc(-c5ccc(C(=O)O)cc5)c4)c(Br)c3Br)c2)cc1. The monoisotopic (exact) mass is 866 g/mol. The Balaban J connectivity index is 1.45. The van der Waals surface area contributed by atoms with Crippen molar-refractivity contribution in [2.75, 3.05) is 0 Å². The largest absolute Gasteiger partial charge is 0.478 e. The van der Waals surface area contributed by atoms with E-state index in [-0.39, 0.29) is 22.3 Å². The lowest BCUT2D eigenvalue weighted by Gasteiger charge is -2.20. The molecule has 0 saturated carbocycles. The van der Waals surface area contributed by atoms with Gasteiger partial charge in [-0.05, 0) is 172 Å². The Morgan fingerprint density at radius 1 is 0.321 bits per heavy atom. The number of halogens is 2. The van der Waals surface area contributed by atoms with E-state index in [9.17, 15) is 39.6 Å². The number of carboxylic acids is 4. The zero-order valence-corrected chi connectivity index (χ0v) is 32.2. The van der Waals surface area contributed by atoms with Crippen molar-refractivity contribution in [3.8, 4) is 66.8 Å². The van der Waals surface area contributed by atoms with Gasteiger partial charge in [-0.25, -0.2) is 19.2 Å². The van der Waals surface area contributed by atoms with Gasteiger partial charge in [-0.1, -0.05) is 66.7 Å². The maximum absolute atomic E-state index is 11.8. The average Bonchev–Trinajstić information content (AvgIpc) is 3.21. The molecule has 0 fully saturated rings. The molecule has 10 heteroatoms. The Kier molecular flexibility index (Phi) is 10.5. The fourth-order valence-electron chi connectivity index (χ4n) is 6.52. The minimum atomic E-state index is -1.05. The van der Waals surface area contributed by atoms with Crippen molar-refractivity contribution < 1.29 is 39.6 Å². The highest BCUT2D eigenvalue weighted by Crippen LogP contribution is 2.48. The van der Waals surface area contributed by atoms with E-state index in [0.29, 0.717) is 4.47 Å². The van der Waals surface area contributed by atoms with Gasteiger partial charge in [0.25, 0.3) is 0 Å². The molecule has 7 aromatic carbocycles. The van der Waals surface area contributed by atoms with Crippen molar-refractivity contribution in [2.45, 2.75) is 0 Å². The molecule has 0 atom stereocenters. The predicted octanol–water partition coefficient (Wildman–Crippen LogP) is 12.0. The molecular weight excluding hydrogens is 840 g/mol. The predicted molar refractivity (Wildman–Crippen MR) is 222 cm³/mol. The van der Waals surface area contributed by atoms with Gasteiger partial charge in [-0.3, -0.25) is 0 Å². The van der Waals surface area contributed by atoms with Gasteiger partial charge >= 0.3 is 23.9 Å². The Morgan fingerprint density at radius 2 is 0.661 bits per heavy atom. The summed E-state index contributed by atoms with van der Waals surface area (Å²) in [6, 6.07) is 42.2. The van der Waals surface area contributed by atoms with Crippen LogP contribution in [-0.2, 0) is 0 Å². The van der Waals surface area contributed by atoms with Crippen LogP contribution in [0, 0.1) is 0 Å². The smallest absolute Gasteiger partial charge is 0.335 e. The second-order valence-electron chi connectivity index (χ2n) is 12.9. The molecule has 0 spiro atoms. The number of hydrogen-bond acceptors (Lipinski definition) is 4. The summed E-state index contributed by atoms with van der Waals surface area (Å²) < 4.78 is 1.44. The highest BCUT2D eigenvalue weighted by atomic mass is 79.9. The van der Waals surface area contributed by atoms with Crippen LogP contribution in [-0.4, -0.2) is 44.3 Å². The first-order valence-corrected chi connectivity index (χ1v) is 18.6. The van der Waals surface area contributed by atoms with Gasteiger partial charge < -0.3 is 20.4 Å². The quantitative estimate of drug-likeness (QED) is 0.106. The van der Waals surface area contributed by atoms with E-state index in [1.165, 1.54) is 0 Å². The highest BCUT2D eigenvalue weighted by molar-refractivity contribution is 9.13. The summed E-state index contributed by atoms with van der Waals surface area (Å²) >= 11 is 7.80. The van der Waals surface area contributed by atoms with Crippen LogP contribution in [0.5, 0.6) is 0 Å². The van der Waals surface area contributed by atoms with E-state index in [1.54, 1.807) is 97.1 Å². The first kappa shape index (κ1) is 37.7. The molecule has 7 rings (SSSR count). The number of aromatic carboxylic acids is 4. The number of hydrogen-bond donors (Lipinski definition) is 4. The van der Waals surface area contributed by atoms with Crippen molar-refractivity contribution in [1.29, 1.82) is 0 Å². The van der Waals surface area contributed by atoms with Gasteiger partial charge in [0, 0.05) is 14.5 Å². The molecule has 0 saturated heterocycles. The average molecular weight is 869 g/mol. The maximum Gasteiger partial charge on any atom is 0.335 e. The van der Waals surface area contributed by atoms with Crippen molar-refractivity contribution >= 4 is 55.7 Å². The van der Waals surface area contributed by atoms with Crippen LogP contribution >= 0.6 is 31.9 Å². The Labute approximate surface area is 337 Å². The van der Waals surface area contributed by atoms with Crippen molar-refractivity contribution in [3.63, 3.8) is 0 Å². The summed E-state index contributed by atoms with van der Waals surface area (Å²) in [5.74, 6) is -4.14. The van der Waals surface area contributed by atoms with Crippen LogP contribution < -0.4 is 0 Å². The second-order valence-corrected chi connectivity index (χ2v) is 14.5. The minimum Gasteiger partial charge on any atom is -0.478 e. The molecular formula is C46H28Br2O8. The third kappa shape index (κ3) is 7.66. The lowest BCUT2D eigenvalue weighted by Crippen LogP contribution is -1.97. The molecule has 274 valence electrons. The van der Waals surface area contributed by atoms with E-state index >= 15 is 0 Å². The van der Waals surface area contributed by atoms with E-state index in [0.717, 1.165) is 71.2 Å². The van der Waals surface area contributed by atoms with Crippen LogP contribution in [0.4, 0.5) is 0 Å². The second kappa shape index (κ2) is 15.6. The van der Waals surface area contributed by atoms with Gasteiger partial charge in [0.1, 0.15) is 0 Å². The first-order valence-electron chi connectivity index (χ1n) is 17.0. The molecule has 7 aromatic rings. The molecule has 0 bridgehead atoms. The number of carbonyl (C=O) groups is 4. The molecule has 56 heavy (non-hydrogen) atoms. The summed E-state index contributed by atoms with van der Waals surface area (Å²) in [5, 5.41) is 38.1. The van der Waals surface area contributed by atoms with Crippen LogP contribution in [0.15, 0.2) is 155 Å².